The molecule has 0 amide bonds. The van der Waals surface area contributed by atoms with E-state index in [4.69, 9.17) is 4.55 Å². The first-order valence-corrected chi connectivity index (χ1v) is 6.07. The molecule has 0 aliphatic rings. The number of hydrogen-bond acceptors (Lipinski definition) is 4. The summed E-state index contributed by atoms with van der Waals surface area (Å²) < 4.78 is 30.9. The number of aromatic nitrogens is 1. The quantitative estimate of drug-likeness (QED) is 0.758. The molecule has 0 saturated carbocycles. The normalized spacial score (nSPS) is 12.1. The standard InChI is InChI=1S/C8H7NO3S2/c1-5-2-3-6-7(4-5)13-8(9-6)14(10,11)12/h2-4H,1H3,(H,10,11,12). The van der Waals surface area contributed by atoms with Crippen LogP contribution in [0, 0.1) is 6.92 Å². The first-order chi connectivity index (χ1) is 6.47. The molecule has 2 rings (SSSR count). The molecule has 0 fully saturated rings. The van der Waals surface area contributed by atoms with Crippen molar-refractivity contribution in [2.24, 2.45) is 0 Å². The van der Waals surface area contributed by atoms with E-state index in [0.29, 0.717) is 5.52 Å². The van der Waals surface area contributed by atoms with Gasteiger partial charge in [0.2, 0.25) is 4.34 Å². The molecule has 0 bridgehead atoms. The highest BCUT2D eigenvalue weighted by molar-refractivity contribution is 7.88. The summed E-state index contributed by atoms with van der Waals surface area (Å²) in [5.74, 6) is 0. The van der Waals surface area contributed by atoms with E-state index in [-0.39, 0.29) is 4.34 Å². The van der Waals surface area contributed by atoms with Crippen LogP contribution in [0.1, 0.15) is 5.56 Å². The molecule has 0 spiro atoms. The van der Waals surface area contributed by atoms with Gasteiger partial charge in [0, 0.05) is 0 Å². The van der Waals surface area contributed by atoms with E-state index in [1.165, 1.54) is 0 Å². The van der Waals surface area contributed by atoms with Gasteiger partial charge >= 0.3 is 10.1 Å². The second kappa shape index (κ2) is 3.01. The number of rotatable bonds is 1. The van der Waals surface area contributed by atoms with Crippen molar-refractivity contribution in [3.8, 4) is 0 Å². The van der Waals surface area contributed by atoms with Crippen LogP contribution in [0.15, 0.2) is 22.5 Å². The molecule has 74 valence electrons. The molecule has 0 atom stereocenters. The van der Waals surface area contributed by atoms with E-state index in [1.54, 1.807) is 6.07 Å². The Morgan fingerprint density at radius 2 is 2.14 bits per heavy atom. The molecule has 0 unspecified atom stereocenters. The van der Waals surface area contributed by atoms with Gasteiger partial charge in [-0.2, -0.15) is 8.42 Å². The maximum atomic E-state index is 10.8. The second-order valence-corrected chi connectivity index (χ2v) is 5.55. The van der Waals surface area contributed by atoms with Crippen molar-refractivity contribution in [2.75, 3.05) is 0 Å². The molecule has 1 aromatic heterocycles. The summed E-state index contributed by atoms with van der Waals surface area (Å²) in [6.07, 6.45) is 0. The molecule has 1 N–H and O–H groups in total. The third-order valence-corrected chi connectivity index (χ3v) is 3.97. The topological polar surface area (TPSA) is 67.3 Å². The average Bonchev–Trinajstić information content (AvgIpc) is 2.45. The Morgan fingerprint density at radius 3 is 2.79 bits per heavy atom. The van der Waals surface area contributed by atoms with Crippen LogP contribution < -0.4 is 0 Å². The van der Waals surface area contributed by atoms with Gasteiger partial charge in [-0.05, 0) is 24.6 Å². The zero-order chi connectivity index (χ0) is 10.3. The van der Waals surface area contributed by atoms with Gasteiger partial charge in [0.25, 0.3) is 0 Å². The van der Waals surface area contributed by atoms with Crippen molar-refractivity contribution in [1.29, 1.82) is 0 Å². The zero-order valence-electron chi connectivity index (χ0n) is 7.26. The molecule has 14 heavy (non-hydrogen) atoms. The monoisotopic (exact) mass is 229 g/mol. The Hall–Kier alpha value is -0.980. The second-order valence-electron chi connectivity index (χ2n) is 2.93. The minimum atomic E-state index is -4.17. The van der Waals surface area contributed by atoms with Crippen LogP contribution in [-0.2, 0) is 10.1 Å². The average molecular weight is 229 g/mol. The van der Waals surface area contributed by atoms with E-state index in [1.807, 2.05) is 19.1 Å². The number of fused-ring (bicyclic) bond motifs is 1. The Balaban J connectivity index is 2.75. The maximum absolute atomic E-state index is 10.8. The minimum Gasteiger partial charge on any atom is -0.280 e. The van der Waals surface area contributed by atoms with Crippen LogP contribution >= 0.6 is 11.3 Å². The van der Waals surface area contributed by atoms with Crippen LogP contribution in [0.5, 0.6) is 0 Å². The molecule has 4 nitrogen and oxygen atoms in total. The predicted molar refractivity (Wildman–Crippen MR) is 54.2 cm³/mol. The highest BCUT2D eigenvalue weighted by atomic mass is 32.3. The molecule has 0 saturated heterocycles. The van der Waals surface area contributed by atoms with Gasteiger partial charge in [-0.1, -0.05) is 6.07 Å². The lowest BCUT2D eigenvalue weighted by atomic mass is 10.2. The Morgan fingerprint density at radius 1 is 1.43 bits per heavy atom. The van der Waals surface area contributed by atoms with Crippen LogP contribution in [0.4, 0.5) is 0 Å². The molecule has 0 aliphatic heterocycles. The summed E-state index contributed by atoms with van der Waals surface area (Å²) in [6.45, 7) is 1.91. The van der Waals surface area contributed by atoms with Crippen LogP contribution in [-0.4, -0.2) is 18.0 Å². The summed E-state index contributed by atoms with van der Waals surface area (Å²) in [7, 11) is -4.17. The highest BCUT2D eigenvalue weighted by Gasteiger charge is 2.15. The Labute approximate surface area is 85.0 Å². The van der Waals surface area contributed by atoms with Gasteiger partial charge in [0.1, 0.15) is 0 Å². The predicted octanol–water partition coefficient (Wildman–Crippen LogP) is 1.85. The number of thiazole rings is 1. The number of benzene rings is 1. The van der Waals surface area contributed by atoms with Gasteiger partial charge in [0.05, 0.1) is 10.2 Å². The van der Waals surface area contributed by atoms with Crippen LogP contribution in [0.2, 0.25) is 0 Å². The summed E-state index contributed by atoms with van der Waals surface area (Å²) in [5.41, 5.74) is 1.62. The van der Waals surface area contributed by atoms with Gasteiger partial charge in [-0.25, -0.2) is 4.98 Å². The van der Waals surface area contributed by atoms with Crippen molar-refractivity contribution in [3.05, 3.63) is 23.8 Å². The van der Waals surface area contributed by atoms with Crippen molar-refractivity contribution in [3.63, 3.8) is 0 Å². The largest absolute Gasteiger partial charge is 0.322 e. The summed E-state index contributed by atoms with van der Waals surface area (Å²) >= 11 is 0.969. The molecule has 6 heteroatoms. The van der Waals surface area contributed by atoms with Crippen LogP contribution in [0.3, 0.4) is 0 Å². The van der Waals surface area contributed by atoms with Crippen molar-refractivity contribution >= 4 is 31.7 Å². The molecular weight excluding hydrogens is 222 g/mol. The van der Waals surface area contributed by atoms with Gasteiger partial charge in [-0.15, -0.1) is 11.3 Å². The molecule has 0 radical (unpaired) electrons. The molecular formula is C8H7NO3S2. The molecule has 0 aliphatic carbocycles. The fraction of sp³-hybridized carbons (Fsp3) is 0.125. The fourth-order valence-electron chi connectivity index (χ4n) is 1.12. The lowest BCUT2D eigenvalue weighted by Gasteiger charge is -1.88. The van der Waals surface area contributed by atoms with E-state index < -0.39 is 10.1 Å². The summed E-state index contributed by atoms with van der Waals surface area (Å²) in [4.78, 5) is 3.81. The number of aryl methyl sites for hydroxylation is 1. The third-order valence-electron chi connectivity index (χ3n) is 1.74. The first kappa shape index (κ1) is 9.57. The van der Waals surface area contributed by atoms with Gasteiger partial charge in [-0.3, -0.25) is 4.55 Å². The Bertz CT molecular complexity index is 586. The third kappa shape index (κ3) is 1.63. The summed E-state index contributed by atoms with van der Waals surface area (Å²) in [6, 6.07) is 5.41. The van der Waals surface area contributed by atoms with Crippen LogP contribution in [0.25, 0.3) is 10.2 Å². The molecule has 1 aromatic carbocycles. The van der Waals surface area contributed by atoms with Crippen molar-refractivity contribution < 1.29 is 13.0 Å². The SMILES string of the molecule is Cc1ccc2nc(S(=O)(=O)O)sc2c1. The van der Waals surface area contributed by atoms with Crippen molar-refractivity contribution in [2.45, 2.75) is 11.3 Å². The minimum absolute atomic E-state index is 0.252. The van der Waals surface area contributed by atoms with Gasteiger partial charge in [0.15, 0.2) is 0 Å². The fourth-order valence-corrected chi connectivity index (χ4v) is 2.82. The van der Waals surface area contributed by atoms with E-state index >= 15 is 0 Å². The zero-order valence-corrected chi connectivity index (χ0v) is 8.89. The summed E-state index contributed by atoms with van der Waals surface area (Å²) in [5, 5.41) is 0. The Kier molecular flexibility index (Phi) is 2.06. The maximum Gasteiger partial charge on any atom is 0.322 e. The molecule has 1 heterocycles. The van der Waals surface area contributed by atoms with E-state index in [2.05, 4.69) is 4.98 Å². The van der Waals surface area contributed by atoms with Crippen molar-refractivity contribution in [1.82, 2.24) is 4.98 Å². The number of hydrogen-bond donors (Lipinski definition) is 1. The molecule has 2 aromatic rings. The highest BCUT2D eigenvalue weighted by Crippen LogP contribution is 2.25. The lowest BCUT2D eigenvalue weighted by Crippen LogP contribution is -1.95. The van der Waals surface area contributed by atoms with E-state index in [0.717, 1.165) is 21.6 Å². The van der Waals surface area contributed by atoms with Gasteiger partial charge < -0.3 is 0 Å². The number of nitrogens with zero attached hydrogens (tertiary/aromatic N) is 1. The lowest BCUT2D eigenvalue weighted by molar-refractivity contribution is 0.482. The first-order valence-electron chi connectivity index (χ1n) is 3.81. The van der Waals surface area contributed by atoms with E-state index in [9.17, 15) is 8.42 Å². The smallest absolute Gasteiger partial charge is 0.280 e.